The second kappa shape index (κ2) is 5.93. The van der Waals surface area contributed by atoms with Crippen LogP contribution < -0.4 is 16.1 Å². The number of aromatic nitrogens is 1. The van der Waals surface area contributed by atoms with E-state index in [2.05, 4.69) is 5.16 Å². The minimum Gasteiger partial charge on any atom is -0.477 e. The SMILES string of the molecule is Nc1c(F)c(N2CC/C(=N/O)C2)c(F)c2c1c(=O)c(C(=O)O)cn2C1CC1. The second-order valence-electron chi connectivity index (χ2n) is 6.77. The van der Waals surface area contributed by atoms with E-state index >= 15 is 4.39 Å². The molecule has 8 nitrogen and oxygen atoms in total. The molecule has 0 amide bonds. The summed E-state index contributed by atoms with van der Waals surface area (Å²) in [4.78, 5) is 25.3. The maximum absolute atomic E-state index is 15.4. The standard InChI is InChI=1S/C17H16F2N4O4/c18-11-13(20)10-14(12(19)15(11)22-4-3-7(5-22)21-27)23(8-1-2-8)6-9(16(10)24)17(25)26/h6,8,27H,1-5,20H2,(H,25,26)/b21-7-. The average Bonchev–Trinajstić information content (AvgIpc) is 3.37. The van der Waals surface area contributed by atoms with Crippen LogP contribution in [0.2, 0.25) is 0 Å². The Balaban J connectivity index is 2.07. The Labute approximate surface area is 151 Å². The molecule has 2 aromatic rings. The number of hydrogen-bond donors (Lipinski definition) is 3. The Morgan fingerprint density at radius 2 is 2.00 bits per heavy atom. The fourth-order valence-corrected chi connectivity index (χ4v) is 3.54. The van der Waals surface area contributed by atoms with Crippen LogP contribution in [0.3, 0.4) is 0 Å². The van der Waals surface area contributed by atoms with Gasteiger partial charge in [0, 0.05) is 25.2 Å². The van der Waals surface area contributed by atoms with Gasteiger partial charge in [-0.1, -0.05) is 5.16 Å². The molecule has 142 valence electrons. The molecule has 1 aliphatic heterocycles. The molecule has 2 fully saturated rings. The summed E-state index contributed by atoms with van der Waals surface area (Å²) < 4.78 is 31.7. The van der Waals surface area contributed by atoms with Crippen molar-refractivity contribution in [2.45, 2.75) is 25.3 Å². The summed E-state index contributed by atoms with van der Waals surface area (Å²) in [6, 6.07) is -0.174. The Morgan fingerprint density at radius 1 is 1.30 bits per heavy atom. The van der Waals surface area contributed by atoms with Crippen molar-refractivity contribution in [3.05, 3.63) is 33.6 Å². The molecule has 1 saturated carbocycles. The van der Waals surface area contributed by atoms with E-state index in [0.29, 0.717) is 25.0 Å². The van der Waals surface area contributed by atoms with Gasteiger partial charge in [0.25, 0.3) is 0 Å². The molecule has 1 aliphatic carbocycles. The van der Waals surface area contributed by atoms with Crippen LogP contribution >= 0.6 is 0 Å². The van der Waals surface area contributed by atoms with Crippen LogP contribution in [0.4, 0.5) is 20.2 Å². The van der Waals surface area contributed by atoms with Crippen molar-refractivity contribution < 1.29 is 23.9 Å². The molecule has 1 saturated heterocycles. The Hall–Kier alpha value is -3.17. The molecule has 0 radical (unpaired) electrons. The number of nitrogens with two attached hydrogens (primary N) is 1. The lowest BCUT2D eigenvalue weighted by Crippen LogP contribution is -2.26. The maximum atomic E-state index is 15.4. The summed E-state index contributed by atoms with van der Waals surface area (Å²) in [6.07, 6.45) is 2.81. The van der Waals surface area contributed by atoms with Gasteiger partial charge in [-0.15, -0.1) is 0 Å². The fraction of sp³-hybridized carbons (Fsp3) is 0.353. The van der Waals surface area contributed by atoms with Crippen molar-refractivity contribution in [3.63, 3.8) is 0 Å². The van der Waals surface area contributed by atoms with Crippen LogP contribution in [-0.2, 0) is 0 Å². The maximum Gasteiger partial charge on any atom is 0.341 e. The third-order valence-electron chi connectivity index (χ3n) is 5.04. The van der Waals surface area contributed by atoms with Crippen molar-refractivity contribution in [1.29, 1.82) is 0 Å². The summed E-state index contributed by atoms with van der Waals surface area (Å²) in [6.45, 7) is 0.245. The van der Waals surface area contributed by atoms with E-state index < -0.39 is 45.4 Å². The number of fused-ring (bicyclic) bond motifs is 1. The third kappa shape index (κ3) is 2.51. The van der Waals surface area contributed by atoms with Crippen molar-refractivity contribution in [2.24, 2.45) is 5.16 Å². The summed E-state index contributed by atoms with van der Waals surface area (Å²) in [7, 11) is 0. The fourth-order valence-electron chi connectivity index (χ4n) is 3.54. The molecular weight excluding hydrogens is 362 g/mol. The molecule has 1 aromatic carbocycles. The zero-order valence-corrected chi connectivity index (χ0v) is 14.1. The number of anilines is 2. The van der Waals surface area contributed by atoms with Crippen LogP contribution in [0.5, 0.6) is 0 Å². The van der Waals surface area contributed by atoms with Gasteiger partial charge in [0.2, 0.25) is 5.43 Å². The molecule has 2 aliphatic rings. The van der Waals surface area contributed by atoms with Crippen LogP contribution in [0.1, 0.15) is 35.7 Å². The number of benzene rings is 1. The molecule has 0 atom stereocenters. The molecular formula is C17H16F2N4O4. The van der Waals surface area contributed by atoms with Crippen LogP contribution in [0.15, 0.2) is 16.1 Å². The lowest BCUT2D eigenvalue weighted by molar-refractivity contribution is 0.0695. The highest BCUT2D eigenvalue weighted by atomic mass is 19.1. The topological polar surface area (TPSA) is 121 Å². The highest BCUT2D eigenvalue weighted by Gasteiger charge is 2.34. The third-order valence-corrected chi connectivity index (χ3v) is 5.04. The number of nitrogen functional groups attached to an aromatic ring is 1. The van der Waals surface area contributed by atoms with E-state index in [1.165, 1.54) is 9.47 Å². The molecule has 1 aromatic heterocycles. The van der Waals surface area contributed by atoms with Crippen LogP contribution in [-0.4, -0.2) is 39.7 Å². The molecule has 0 spiro atoms. The first-order chi connectivity index (χ1) is 12.8. The monoisotopic (exact) mass is 378 g/mol. The van der Waals surface area contributed by atoms with Gasteiger partial charge in [-0.05, 0) is 12.8 Å². The predicted molar refractivity (Wildman–Crippen MR) is 93.8 cm³/mol. The molecule has 2 heterocycles. The number of carbonyl (C=O) groups is 1. The van der Waals surface area contributed by atoms with Gasteiger partial charge in [0.05, 0.1) is 28.8 Å². The van der Waals surface area contributed by atoms with Crippen molar-refractivity contribution in [2.75, 3.05) is 23.7 Å². The van der Waals surface area contributed by atoms with E-state index in [1.54, 1.807) is 0 Å². The van der Waals surface area contributed by atoms with Gasteiger partial charge in [-0.3, -0.25) is 4.79 Å². The summed E-state index contributed by atoms with van der Waals surface area (Å²) in [5, 5.41) is 20.8. The number of rotatable bonds is 3. The van der Waals surface area contributed by atoms with E-state index in [9.17, 15) is 19.1 Å². The number of oxime groups is 1. The van der Waals surface area contributed by atoms with E-state index in [-0.39, 0.29) is 24.6 Å². The van der Waals surface area contributed by atoms with Crippen molar-refractivity contribution in [3.8, 4) is 0 Å². The van der Waals surface area contributed by atoms with Crippen LogP contribution in [0, 0.1) is 11.6 Å². The smallest absolute Gasteiger partial charge is 0.341 e. The Bertz CT molecular complexity index is 1080. The van der Waals surface area contributed by atoms with Gasteiger partial charge in [0.15, 0.2) is 11.6 Å². The van der Waals surface area contributed by atoms with Crippen molar-refractivity contribution in [1.82, 2.24) is 4.57 Å². The molecule has 0 unspecified atom stereocenters. The highest BCUT2D eigenvalue weighted by Crippen LogP contribution is 2.42. The van der Waals surface area contributed by atoms with E-state index in [0.717, 1.165) is 6.20 Å². The van der Waals surface area contributed by atoms with Gasteiger partial charge in [0.1, 0.15) is 11.3 Å². The van der Waals surface area contributed by atoms with Gasteiger partial charge < -0.3 is 25.5 Å². The zero-order chi connectivity index (χ0) is 19.5. The number of pyridine rings is 1. The summed E-state index contributed by atoms with van der Waals surface area (Å²) in [5.41, 5.74) is 3.41. The van der Waals surface area contributed by atoms with Gasteiger partial charge in [-0.2, -0.15) is 0 Å². The number of hydrogen-bond acceptors (Lipinski definition) is 6. The Morgan fingerprint density at radius 3 is 2.56 bits per heavy atom. The lowest BCUT2D eigenvalue weighted by atomic mass is 10.1. The minimum absolute atomic E-state index is 0.0240. The second-order valence-corrected chi connectivity index (χ2v) is 6.77. The summed E-state index contributed by atoms with van der Waals surface area (Å²) in [5.74, 6) is -3.58. The summed E-state index contributed by atoms with van der Waals surface area (Å²) >= 11 is 0. The van der Waals surface area contributed by atoms with Crippen molar-refractivity contribution >= 4 is 34.0 Å². The number of carboxylic acid groups (broad SMARTS) is 1. The first-order valence-electron chi connectivity index (χ1n) is 8.38. The Kier molecular flexibility index (Phi) is 3.79. The molecule has 27 heavy (non-hydrogen) atoms. The number of aromatic carboxylic acids is 1. The zero-order valence-electron chi connectivity index (χ0n) is 14.1. The molecule has 0 bridgehead atoms. The average molecular weight is 378 g/mol. The molecule has 4 N–H and O–H groups in total. The first-order valence-corrected chi connectivity index (χ1v) is 8.38. The number of halogens is 2. The van der Waals surface area contributed by atoms with E-state index in [4.69, 9.17) is 10.9 Å². The normalized spacial score (nSPS) is 18.6. The molecule has 10 heteroatoms. The highest BCUT2D eigenvalue weighted by molar-refractivity contribution is 6.00. The van der Waals surface area contributed by atoms with Gasteiger partial charge >= 0.3 is 5.97 Å². The van der Waals surface area contributed by atoms with Gasteiger partial charge in [-0.25, -0.2) is 13.6 Å². The lowest BCUT2D eigenvalue weighted by Gasteiger charge is -2.22. The van der Waals surface area contributed by atoms with E-state index in [1.807, 2.05) is 0 Å². The largest absolute Gasteiger partial charge is 0.477 e. The number of carboxylic acids is 1. The molecule has 4 rings (SSSR count). The minimum atomic E-state index is -1.48. The first kappa shape index (κ1) is 17.3. The predicted octanol–water partition coefficient (Wildman–Crippen LogP) is 1.94. The number of nitrogens with zero attached hydrogens (tertiary/aromatic N) is 3. The quantitative estimate of drug-likeness (QED) is 0.426. The van der Waals surface area contributed by atoms with Crippen LogP contribution in [0.25, 0.3) is 10.9 Å².